The van der Waals surface area contributed by atoms with E-state index in [1.807, 2.05) is 0 Å². The molecule has 0 saturated carbocycles. The Morgan fingerprint density at radius 1 is 1.13 bits per heavy atom. The van der Waals surface area contributed by atoms with E-state index in [2.05, 4.69) is 15.5 Å². The molecule has 2 fully saturated rings. The molecule has 3 rings (SSSR count). The molecule has 7 nitrogen and oxygen atoms in total. The Morgan fingerprint density at radius 2 is 1.78 bits per heavy atom. The quantitative estimate of drug-likeness (QED) is 0.773. The number of anilines is 1. The van der Waals surface area contributed by atoms with Crippen LogP contribution in [0, 0.1) is 5.82 Å². The van der Waals surface area contributed by atoms with Gasteiger partial charge < -0.3 is 15.1 Å². The summed E-state index contributed by atoms with van der Waals surface area (Å²) < 4.78 is 12.9. The number of hydrogen-bond acceptors (Lipinski definition) is 4. The van der Waals surface area contributed by atoms with Crippen molar-refractivity contribution in [1.82, 2.24) is 15.5 Å². The maximum atomic E-state index is 12.9. The van der Waals surface area contributed by atoms with Gasteiger partial charge in [-0.1, -0.05) is 0 Å². The Balaban J connectivity index is 1.52. The SMILES string of the molecule is O=C1NC(=O)[C@H](CC(=O)N2CCN(c3ccc(F)cc3)CC2)N1. The van der Waals surface area contributed by atoms with E-state index < -0.39 is 18.0 Å². The first-order chi connectivity index (χ1) is 11.0. The summed E-state index contributed by atoms with van der Waals surface area (Å²) in [6, 6.07) is 4.90. The van der Waals surface area contributed by atoms with Crippen LogP contribution >= 0.6 is 0 Å². The van der Waals surface area contributed by atoms with Crippen molar-refractivity contribution in [3.05, 3.63) is 30.1 Å². The molecule has 2 aliphatic rings. The first kappa shape index (κ1) is 15.3. The average molecular weight is 320 g/mol. The Bertz CT molecular complexity index is 626. The summed E-state index contributed by atoms with van der Waals surface area (Å²) in [6.07, 6.45) is -0.0336. The van der Waals surface area contributed by atoms with Gasteiger partial charge in [0.15, 0.2) is 0 Å². The van der Waals surface area contributed by atoms with Crippen LogP contribution in [0.15, 0.2) is 24.3 Å². The first-order valence-corrected chi connectivity index (χ1v) is 7.42. The summed E-state index contributed by atoms with van der Waals surface area (Å²) in [5, 5.41) is 4.53. The van der Waals surface area contributed by atoms with Crippen LogP contribution in [0.2, 0.25) is 0 Å². The van der Waals surface area contributed by atoms with Gasteiger partial charge in [-0.15, -0.1) is 0 Å². The molecule has 122 valence electrons. The molecule has 2 saturated heterocycles. The van der Waals surface area contributed by atoms with Crippen LogP contribution in [0.5, 0.6) is 0 Å². The summed E-state index contributed by atoms with van der Waals surface area (Å²) in [5.41, 5.74) is 0.918. The number of piperazine rings is 1. The van der Waals surface area contributed by atoms with Crippen LogP contribution in [0.3, 0.4) is 0 Å². The maximum Gasteiger partial charge on any atom is 0.322 e. The first-order valence-electron chi connectivity index (χ1n) is 7.42. The van der Waals surface area contributed by atoms with Gasteiger partial charge in [-0.05, 0) is 24.3 Å². The molecule has 0 bridgehead atoms. The van der Waals surface area contributed by atoms with Crippen LogP contribution in [0.25, 0.3) is 0 Å². The van der Waals surface area contributed by atoms with Crippen molar-refractivity contribution in [3.63, 3.8) is 0 Å². The van der Waals surface area contributed by atoms with Gasteiger partial charge in [0, 0.05) is 31.9 Å². The number of imide groups is 1. The number of carbonyl (C=O) groups excluding carboxylic acids is 3. The zero-order chi connectivity index (χ0) is 16.4. The molecule has 1 aromatic carbocycles. The second-order valence-electron chi connectivity index (χ2n) is 5.56. The van der Waals surface area contributed by atoms with Gasteiger partial charge in [-0.3, -0.25) is 14.9 Å². The largest absolute Gasteiger partial charge is 0.368 e. The number of halogens is 1. The molecule has 4 amide bonds. The summed E-state index contributed by atoms with van der Waals surface area (Å²) in [6.45, 7) is 2.33. The molecular weight excluding hydrogens is 303 g/mol. The normalized spacial score (nSPS) is 21.2. The highest BCUT2D eigenvalue weighted by Crippen LogP contribution is 2.17. The van der Waals surface area contributed by atoms with Crippen LogP contribution in [-0.4, -0.2) is 55.0 Å². The van der Waals surface area contributed by atoms with Crippen molar-refractivity contribution in [3.8, 4) is 0 Å². The zero-order valence-electron chi connectivity index (χ0n) is 12.4. The van der Waals surface area contributed by atoms with Crippen molar-refractivity contribution >= 4 is 23.5 Å². The molecule has 0 aromatic heterocycles. The van der Waals surface area contributed by atoms with Crippen LogP contribution in [0.1, 0.15) is 6.42 Å². The Kier molecular flexibility index (Phi) is 4.14. The molecular formula is C15H17FN4O3. The van der Waals surface area contributed by atoms with Crippen molar-refractivity contribution in [2.24, 2.45) is 0 Å². The highest BCUT2D eigenvalue weighted by Gasteiger charge is 2.33. The molecule has 8 heteroatoms. The molecule has 1 aromatic rings. The lowest BCUT2D eigenvalue weighted by Gasteiger charge is -2.36. The third kappa shape index (κ3) is 3.41. The Labute approximate surface area is 132 Å². The topological polar surface area (TPSA) is 81.8 Å². The van der Waals surface area contributed by atoms with Gasteiger partial charge in [0.1, 0.15) is 11.9 Å². The van der Waals surface area contributed by atoms with Crippen LogP contribution in [0.4, 0.5) is 14.9 Å². The standard InChI is InChI=1S/C15H17FN4O3/c16-10-1-3-11(4-2-10)19-5-7-20(8-6-19)13(21)9-12-14(22)18-15(23)17-12/h1-4,12H,5-9H2,(H2,17,18,22,23)/t12-/m0/s1. The molecule has 0 spiro atoms. The van der Waals surface area contributed by atoms with E-state index in [9.17, 15) is 18.8 Å². The number of nitrogens with one attached hydrogen (secondary N) is 2. The van der Waals surface area contributed by atoms with E-state index in [0.29, 0.717) is 26.2 Å². The molecule has 1 atom stereocenters. The molecule has 0 unspecified atom stereocenters. The summed E-state index contributed by atoms with van der Waals surface area (Å²) in [4.78, 5) is 38.5. The maximum absolute atomic E-state index is 12.9. The molecule has 2 aliphatic heterocycles. The Morgan fingerprint density at radius 3 is 2.35 bits per heavy atom. The van der Waals surface area contributed by atoms with Gasteiger partial charge in [-0.2, -0.15) is 0 Å². The van der Waals surface area contributed by atoms with Gasteiger partial charge in [0.05, 0.1) is 6.42 Å². The monoisotopic (exact) mass is 320 g/mol. The molecule has 2 heterocycles. The third-order valence-electron chi connectivity index (χ3n) is 4.06. The van der Waals surface area contributed by atoms with E-state index in [0.717, 1.165) is 5.69 Å². The molecule has 2 N–H and O–H groups in total. The average Bonchev–Trinajstić information content (AvgIpc) is 2.86. The minimum Gasteiger partial charge on any atom is -0.368 e. The highest BCUT2D eigenvalue weighted by molar-refractivity contribution is 6.05. The lowest BCUT2D eigenvalue weighted by Crippen LogP contribution is -2.50. The van der Waals surface area contributed by atoms with Crippen LogP contribution < -0.4 is 15.5 Å². The highest BCUT2D eigenvalue weighted by atomic mass is 19.1. The summed E-state index contributed by atoms with van der Waals surface area (Å²) >= 11 is 0. The minimum atomic E-state index is -0.787. The molecule has 0 aliphatic carbocycles. The zero-order valence-corrected chi connectivity index (χ0v) is 12.4. The number of rotatable bonds is 3. The lowest BCUT2D eigenvalue weighted by atomic mass is 10.1. The fraction of sp³-hybridized carbons (Fsp3) is 0.400. The van der Waals surface area contributed by atoms with E-state index in [4.69, 9.17) is 0 Å². The van der Waals surface area contributed by atoms with E-state index in [-0.39, 0.29) is 18.1 Å². The Hall–Kier alpha value is -2.64. The van der Waals surface area contributed by atoms with Crippen molar-refractivity contribution < 1.29 is 18.8 Å². The molecule has 0 radical (unpaired) electrons. The fourth-order valence-corrected chi connectivity index (χ4v) is 2.77. The number of urea groups is 1. The van der Waals surface area contributed by atoms with Crippen molar-refractivity contribution in [2.45, 2.75) is 12.5 Å². The van der Waals surface area contributed by atoms with E-state index in [1.165, 1.54) is 12.1 Å². The summed E-state index contributed by atoms with van der Waals surface area (Å²) in [5.74, 6) is -0.904. The van der Waals surface area contributed by atoms with E-state index in [1.54, 1.807) is 17.0 Å². The fourth-order valence-electron chi connectivity index (χ4n) is 2.77. The number of carbonyl (C=O) groups is 3. The van der Waals surface area contributed by atoms with Crippen LogP contribution in [-0.2, 0) is 9.59 Å². The number of nitrogens with zero attached hydrogens (tertiary/aromatic N) is 2. The third-order valence-corrected chi connectivity index (χ3v) is 4.06. The van der Waals surface area contributed by atoms with Crippen molar-refractivity contribution in [1.29, 1.82) is 0 Å². The molecule has 23 heavy (non-hydrogen) atoms. The predicted octanol–water partition coefficient (Wildman–Crippen LogP) is 0.0724. The van der Waals surface area contributed by atoms with E-state index >= 15 is 0 Å². The number of hydrogen-bond donors (Lipinski definition) is 2. The van der Waals surface area contributed by atoms with Gasteiger partial charge in [0.25, 0.3) is 5.91 Å². The van der Waals surface area contributed by atoms with Crippen molar-refractivity contribution in [2.75, 3.05) is 31.1 Å². The van der Waals surface area contributed by atoms with Gasteiger partial charge >= 0.3 is 6.03 Å². The second-order valence-corrected chi connectivity index (χ2v) is 5.56. The second kappa shape index (κ2) is 6.23. The van der Waals surface area contributed by atoms with Gasteiger partial charge in [-0.25, -0.2) is 9.18 Å². The minimum absolute atomic E-state index is 0.0336. The number of benzene rings is 1. The number of amides is 4. The smallest absolute Gasteiger partial charge is 0.322 e. The summed E-state index contributed by atoms with van der Waals surface area (Å²) in [7, 11) is 0. The van der Waals surface area contributed by atoms with Gasteiger partial charge in [0.2, 0.25) is 5.91 Å². The predicted molar refractivity (Wildman–Crippen MR) is 80.3 cm³/mol. The lowest BCUT2D eigenvalue weighted by molar-refractivity contribution is -0.134.